The summed E-state index contributed by atoms with van der Waals surface area (Å²) in [6, 6.07) is 17.7. The number of hydrogen-bond acceptors (Lipinski definition) is 4. The zero-order valence-corrected chi connectivity index (χ0v) is 15.8. The molecule has 1 atom stereocenters. The number of amides is 1. The Labute approximate surface area is 159 Å². The first kappa shape index (κ1) is 17.7. The van der Waals surface area contributed by atoms with Crippen LogP contribution in [0.15, 0.2) is 59.0 Å². The molecule has 5 heteroatoms. The predicted molar refractivity (Wildman–Crippen MR) is 105 cm³/mol. The molecule has 5 nitrogen and oxygen atoms in total. The van der Waals surface area contributed by atoms with E-state index in [9.17, 15) is 4.79 Å². The van der Waals surface area contributed by atoms with Crippen molar-refractivity contribution in [2.45, 2.75) is 24.8 Å². The van der Waals surface area contributed by atoms with Gasteiger partial charge >= 0.3 is 0 Å². The van der Waals surface area contributed by atoms with Crippen molar-refractivity contribution in [3.8, 4) is 0 Å². The number of carbonyl (C=O) groups excluding carboxylic acids is 1. The fraction of sp³-hybridized carbons (Fsp3) is 0.364. The van der Waals surface area contributed by atoms with Crippen molar-refractivity contribution >= 4 is 17.0 Å². The summed E-state index contributed by atoms with van der Waals surface area (Å²) in [5.74, 6) is 1.26. The number of para-hydroxylation sites is 2. The average Bonchev–Trinajstić information content (AvgIpc) is 3.13. The van der Waals surface area contributed by atoms with Gasteiger partial charge in [-0.25, -0.2) is 4.98 Å². The highest BCUT2D eigenvalue weighted by Crippen LogP contribution is 2.33. The quantitative estimate of drug-likeness (QED) is 0.707. The number of hydrogen-bond donors (Lipinski definition) is 0. The van der Waals surface area contributed by atoms with Crippen LogP contribution < -0.4 is 0 Å². The number of aromatic nitrogens is 1. The summed E-state index contributed by atoms with van der Waals surface area (Å²) in [7, 11) is 3.65. The Morgan fingerprint density at radius 2 is 1.74 bits per heavy atom. The molecule has 27 heavy (non-hydrogen) atoms. The lowest BCUT2D eigenvalue weighted by Crippen LogP contribution is -2.43. The van der Waals surface area contributed by atoms with Crippen LogP contribution in [-0.4, -0.2) is 47.9 Å². The summed E-state index contributed by atoms with van der Waals surface area (Å²) >= 11 is 0. The summed E-state index contributed by atoms with van der Waals surface area (Å²) in [5, 5.41) is 0. The zero-order valence-electron chi connectivity index (χ0n) is 15.8. The number of likely N-dealkylation sites (tertiary alicyclic amines) is 1. The summed E-state index contributed by atoms with van der Waals surface area (Å²) in [6.07, 6.45) is 1.88. The van der Waals surface area contributed by atoms with Crippen LogP contribution in [-0.2, 0) is 4.79 Å². The summed E-state index contributed by atoms with van der Waals surface area (Å²) in [4.78, 5) is 21.5. The standard InChI is InChI=1S/C22H25N3O2/c1-24(2)22(26)20(16-8-4-3-5-9-16)25-14-12-17(13-15-25)21-23-18-10-6-7-11-19(18)27-21/h3-11,17,20H,12-15H2,1-2H3/t20-/m1/s1. The normalized spacial score (nSPS) is 17.1. The number of piperidine rings is 1. The molecule has 1 aliphatic rings. The Bertz CT molecular complexity index is 878. The number of benzene rings is 2. The Balaban J connectivity index is 1.51. The lowest BCUT2D eigenvalue weighted by molar-refractivity contribution is -0.135. The Morgan fingerprint density at radius 1 is 1.07 bits per heavy atom. The molecule has 1 fully saturated rings. The molecule has 0 aliphatic carbocycles. The second-order valence-corrected chi connectivity index (χ2v) is 7.38. The van der Waals surface area contributed by atoms with Gasteiger partial charge in [-0.2, -0.15) is 0 Å². The predicted octanol–water partition coefficient (Wildman–Crippen LogP) is 3.84. The monoisotopic (exact) mass is 363 g/mol. The van der Waals surface area contributed by atoms with Gasteiger partial charge in [-0.05, 0) is 43.6 Å². The average molecular weight is 363 g/mol. The first-order chi connectivity index (χ1) is 13.1. The van der Waals surface area contributed by atoms with E-state index in [1.807, 2.05) is 68.7 Å². The van der Waals surface area contributed by atoms with Gasteiger partial charge in [0, 0.05) is 20.0 Å². The highest BCUT2D eigenvalue weighted by atomic mass is 16.3. The molecule has 0 N–H and O–H groups in total. The van der Waals surface area contributed by atoms with Crippen LogP contribution in [0.2, 0.25) is 0 Å². The molecule has 0 bridgehead atoms. The Hall–Kier alpha value is -2.66. The van der Waals surface area contributed by atoms with E-state index in [1.165, 1.54) is 0 Å². The van der Waals surface area contributed by atoms with E-state index >= 15 is 0 Å². The second-order valence-electron chi connectivity index (χ2n) is 7.38. The Morgan fingerprint density at radius 3 is 2.41 bits per heavy atom. The van der Waals surface area contributed by atoms with Gasteiger partial charge in [0.2, 0.25) is 5.91 Å². The van der Waals surface area contributed by atoms with Gasteiger partial charge < -0.3 is 9.32 Å². The molecule has 3 aromatic rings. The number of oxazole rings is 1. The zero-order chi connectivity index (χ0) is 18.8. The number of carbonyl (C=O) groups is 1. The van der Waals surface area contributed by atoms with Crippen molar-refractivity contribution in [3.63, 3.8) is 0 Å². The van der Waals surface area contributed by atoms with Gasteiger partial charge in [0.1, 0.15) is 11.6 Å². The third-order valence-electron chi connectivity index (χ3n) is 5.34. The van der Waals surface area contributed by atoms with Gasteiger partial charge in [-0.1, -0.05) is 42.5 Å². The minimum Gasteiger partial charge on any atom is -0.440 e. The molecule has 0 radical (unpaired) electrons. The SMILES string of the molecule is CN(C)C(=O)[C@@H](c1ccccc1)N1CCC(c2nc3ccccc3o2)CC1. The van der Waals surface area contributed by atoms with E-state index in [1.54, 1.807) is 4.90 Å². The van der Waals surface area contributed by atoms with E-state index in [2.05, 4.69) is 9.88 Å². The fourth-order valence-electron chi connectivity index (χ4n) is 3.86. The molecular weight excluding hydrogens is 338 g/mol. The highest BCUT2D eigenvalue weighted by molar-refractivity contribution is 5.83. The molecule has 1 saturated heterocycles. The van der Waals surface area contributed by atoms with Crippen molar-refractivity contribution in [3.05, 3.63) is 66.1 Å². The molecule has 4 rings (SSSR count). The first-order valence-electron chi connectivity index (χ1n) is 9.49. The van der Waals surface area contributed by atoms with Crippen LogP contribution in [0.5, 0.6) is 0 Å². The third-order valence-corrected chi connectivity index (χ3v) is 5.34. The van der Waals surface area contributed by atoms with Crippen LogP contribution in [0.1, 0.15) is 36.3 Å². The smallest absolute Gasteiger partial charge is 0.244 e. The molecule has 140 valence electrons. The summed E-state index contributed by atoms with van der Waals surface area (Å²) in [6.45, 7) is 1.70. The molecule has 1 aromatic heterocycles. The molecule has 2 heterocycles. The van der Waals surface area contributed by atoms with Gasteiger partial charge in [0.25, 0.3) is 0 Å². The van der Waals surface area contributed by atoms with Crippen molar-refractivity contribution in [2.75, 3.05) is 27.2 Å². The molecular formula is C22H25N3O2. The number of fused-ring (bicyclic) bond motifs is 1. The lowest BCUT2D eigenvalue weighted by Gasteiger charge is -2.37. The topological polar surface area (TPSA) is 49.6 Å². The van der Waals surface area contributed by atoms with Crippen molar-refractivity contribution in [1.82, 2.24) is 14.8 Å². The molecule has 0 saturated carbocycles. The Kier molecular flexibility index (Phi) is 4.94. The summed E-state index contributed by atoms with van der Waals surface area (Å²) < 4.78 is 5.97. The van der Waals surface area contributed by atoms with Crippen molar-refractivity contribution < 1.29 is 9.21 Å². The van der Waals surface area contributed by atoms with Crippen LogP contribution >= 0.6 is 0 Å². The molecule has 0 spiro atoms. The van der Waals surface area contributed by atoms with Crippen molar-refractivity contribution in [2.24, 2.45) is 0 Å². The number of nitrogens with zero attached hydrogens (tertiary/aromatic N) is 3. The maximum atomic E-state index is 12.9. The van der Waals surface area contributed by atoms with Crippen LogP contribution in [0.4, 0.5) is 0 Å². The van der Waals surface area contributed by atoms with E-state index in [0.717, 1.165) is 48.5 Å². The molecule has 1 amide bonds. The van der Waals surface area contributed by atoms with Gasteiger partial charge in [-0.15, -0.1) is 0 Å². The fourth-order valence-corrected chi connectivity index (χ4v) is 3.86. The maximum absolute atomic E-state index is 12.9. The molecule has 0 unspecified atom stereocenters. The molecule has 2 aromatic carbocycles. The minimum absolute atomic E-state index is 0.126. The maximum Gasteiger partial charge on any atom is 0.244 e. The minimum atomic E-state index is -0.231. The second kappa shape index (κ2) is 7.53. The van der Waals surface area contributed by atoms with Gasteiger partial charge in [0.05, 0.1) is 0 Å². The highest BCUT2D eigenvalue weighted by Gasteiger charge is 2.33. The van der Waals surface area contributed by atoms with Gasteiger partial charge in [-0.3, -0.25) is 9.69 Å². The van der Waals surface area contributed by atoms with Crippen LogP contribution in [0.25, 0.3) is 11.1 Å². The van der Waals surface area contributed by atoms with E-state index in [-0.39, 0.29) is 11.9 Å². The first-order valence-corrected chi connectivity index (χ1v) is 9.49. The summed E-state index contributed by atoms with van der Waals surface area (Å²) in [5.41, 5.74) is 2.82. The molecule has 1 aliphatic heterocycles. The lowest BCUT2D eigenvalue weighted by atomic mass is 9.93. The van der Waals surface area contributed by atoms with E-state index < -0.39 is 0 Å². The van der Waals surface area contributed by atoms with Crippen LogP contribution in [0.3, 0.4) is 0 Å². The third kappa shape index (κ3) is 3.60. The van der Waals surface area contributed by atoms with E-state index in [4.69, 9.17) is 4.42 Å². The largest absolute Gasteiger partial charge is 0.440 e. The number of likely N-dealkylation sites (N-methyl/N-ethyl adjacent to an activating group) is 1. The van der Waals surface area contributed by atoms with E-state index in [0.29, 0.717) is 5.92 Å². The van der Waals surface area contributed by atoms with Crippen LogP contribution in [0, 0.1) is 0 Å². The number of rotatable bonds is 4. The van der Waals surface area contributed by atoms with Gasteiger partial charge in [0.15, 0.2) is 11.5 Å². The van der Waals surface area contributed by atoms with Crippen molar-refractivity contribution in [1.29, 1.82) is 0 Å².